The highest BCUT2D eigenvalue weighted by Gasteiger charge is 2.42. The van der Waals surface area contributed by atoms with Gasteiger partial charge >= 0.3 is 17.9 Å². The van der Waals surface area contributed by atoms with Crippen LogP contribution in [0.1, 0.15) is 72.6 Å². The predicted octanol–water partition coefficient (Wildman–Crippen LogP) is 0.853. The normalized spacial score (nSPS) is 32.7. The van der Waals surface area contributed by atoms with Crippen LogP contribution < -0.4 is 5.73 Å². The first-order chi connectivity index (χ1) is 18.4. The fourth-order valence-corrected chi connectivity index (χ4v) is 4.16. The second-order valence-corrected chi connectivity index (χ2v) is 10.4. The summed E-state index contributed by atoms with van der Waals surface area (Å²) in [5.74, 6) is -2.43. The van der Waals surface area contributed by atoms with Gasteiger partial charge in [-0.2, -0.15) is 0 Å². The van der Waals surface area contributed by atoms with E-state index in [1.807, 2.05) is 0 Å². The summed E-state index contributed by atoms with van der Waals surface area (Å²) in [6, 6.07) is 0. The molecule has 10 atom stereocenters. The Kier molecular flexibility index (Phi) is 14.0. The summed E-state index contributed by atoms with van der Waals surface area (Å²) in [6.45, 7) is 7.15. The molecule has 0 aromatic heterocycles. The zero-order valence-corrected chi connectivity index (χ0v) is 23.2. The third kappa shape index (κ3) is 11.3. The number of hydrogen-bond donors (Lipinski definition) is 4. The monoisotopic (exact) mass is 563 g/mol. The number of esters is 2. The molecule has 13 heteroatoms. The van der Waals surface area contributed by atoms with Crippen LogP contribution >= 0.6 is 0 Å². The third-order valence-electron chi connectivity index (χ3n) is 6.82. The molecule has 2 aliphatic rings. The molecule has 5 N–H and O–H groups in total. The first-order valence-corrected chi connectivity index (χ1v) is 13.7. The van der Waals surface area contributed by atoms with Crippen LogP contribution in [0.15, 0.2) is 0 Å². The highest BCUT2D eigenvalue weighted by molar-refractivity contribution is 5.72. The quantitative estimate of drug-likeness (QED) is 0.162. The summed E-state index contributed by atoms with van der Waals surface area (Å²) in [5.41, 5.74) is 5.56. The molecule has 0 spiro atoms. The molecule has 39 heavy (non-hydrogen) atoms. The summed E-state index contributed by atoms with van der Waals surface area (Å²) >= 11 is 0. The Morgan fingerprint density at radius 1 is 0.923 bits per heavy atom. The molecular weight excluding hydrogens is 518 g/mol. The van der Waals surface area contributed by atoms with Crippen LogP contribution in [0.4, 0.5) is 0 Å². The van der Waals surface area contributed by atoms with Crippen molar-refractivity contribution in [2.24, 2.45) is 11.7 Å². The van der Waals surface area contributed by atoms with Crippen LogP contribution in [-0.4, -0.2) is 102 Å². The summed E-state index contributed by atoms with van der Waals surface area (Å²) < 4.78 is 34.0. The number of carboxylic acids is 1. The van der Waals surface area contributed by atoms with E-state index in [0.29, 0.717) is 12.8 Å². The van der Waals surface area contributed by atoms with Crippen molar-refractivity contribution in [3.05, 3.63) is 0 Å². The van der Waals surface area contributed by atoms with Gasteiger partial charge in [0, 0.05) is 38.8 Å². The zero-order valence-electron chi connectivity index (χ0n) is 23.2. The molecule has 0 saturated carbocycles. The molecule has 0 aromatic carbocycles. The SMILES string of the molecule is CC1O[C@@H](OCCCCC(=O)OC2C[C@@H](OC(=O)[C@H](C)CN)C(C)O[C@H]2O[C@H](C)CCC(=O)O)C(O)C[C@H]1O. The smallest absolute Gasteiger partial charge is 0.310 e. The van der Waals surface area contributed by atoms with E-state index in [0.717, 1.165) is 0 Å². The average molecular weight is 564 g/mol. The molecule has 13 nitrogen and oxygen atoms in total. The van der Waals surface area contributed by atoms with Crippen molar-refractivity contribution in [2.45, 2.75) is 128 Å². The second-order valence-electron chi connectivity index (χ2n) is 10.4. The average Bonchev–Trinajstić information content (AvgIpc) is 2.87. The highest BCUT2D eigenvalue weighted by Crippen LogP contribution is 2.28. The van der Waals surface area contributed by atoms with E-state index in [9.17, 15) is 24.6 Å². The third-order valence-corrected chi connectivity index (χ3v) is 6.82. The Labute approximate surface area is 229 Å². The largest absolute Gasteiger partial charge is 0.481 e. The first kappa shape index (κ1) is 33.3. The van der Waals surface area contributed by atoms with Crippen LogP contribution in [0, 0.1) is 5.92 Å². The number of ether oxygens (including phenoxy) is 6. The number of aliphatic carboxylic acids is 1. The Morgan fingerprint density at radius 2 is 1.62 bits per heavy atom. The van der Waals surface area contributed by atoms with Crippen molar-refractivity contribution in [1.29, 1.82) is 0 Å². The van der Waals surface area contributed by atoms with Gasteiger partial charge in [0.2, 0.25) is 0 Å². The van der Waals surface area contributed by atoms with Gasteiger partial charge in [-0.05, 0) is 40.0 Å². The summed E-state index contributed by atoms with van der Waals surface area (Å²) in [5, 5.41) is 28.7. The van der Waals surface area contributed by atoms with Gasteiger partial charge in [0.05, 0.1) is 30.3 Å². The van der Waals surface area contributed by atoms with Crippen LogP contribution in [0.2, 0.25) is 0 Å². The van der Waals surface area contributed by atoms with Gasteiger partial charge < -0.3 is 49.5 Å². The predicted molar refractivity (Wildman–Crippen MR) is 135 cm³/mol. The van der Waals surface area contributed by atoms with E-state index in [4.69, 9.17) is 39.3 Å². The number of rotatable bonds is 15. The molecule has 0 amide bonds. The van der Waals surface area contributed by atoms with Crippen molar-refractivity contribution in [3.63, 3.8) is 0 Å². The standard InChI is InChI=1S/C26H45NO12/c1-14(13-27)24(33)39-20-12-21(26(37-17(20)4)35-15(2)8-9-22(30)31)38-23(32)7-5-6-10-34-25-19(29)11-18(28)16(3)36-25/h14-21,25-26,28-29H,5-13,27H2,1-4H3,(H,30,31)/t14-,15-,16?,17?,18-,19?,20-,21?,25-,26-/m1/s1. The van der Waals surface area contributed by atoms with Crippen molar-refractivity contribution in [3.8, 4) is 0 Å². The van der Waals surface area contributed by atoms with E-state index in [1.54, 1.807) is 27.7 Å². The summed E-state index contributed by atoms with van der Waals surface area (Å²) in [4.78, 5) is 35.9. The Balaban J connectivity index is 1.88. The van der Waals surface area contributed by atoms with Crippen molar-refractivity contribution in [2.75, 3.05) is 13.2 Å². The number of carbonyl (C=O) groups excluding carboxylic acids is 2. The highest BCUT2D eigenvalue weighted by atomic mass is 16.7. The number of aliphatic hydroxyl groups is 2. The Bertz CT molecular complexity index is 782. The van der Waals surface area contributed by atoms with E-state index >= 15 is 0 Å². The molecular formula is C26H45NO12. The van der Waals surface area contributed by atoms with Crippen LogP contribution in [0.3, 0.4) is 0 Å². The number of hydrogen-bond acceptors (Lipinski definition) is 12. The number of carbonyl (C=O) groups is 3. The maximum Gasteiger partial charge on any atom is 0.310 e. The van der Waals surface area contributed by atoms with E-state index in [2.05, 4.69) is 0 Å². The topological polar surface area (TPSA) is 193 Å². The number of aliphatic hydroxyl groups excluding tert-OH is 2. The molecule has 0 aliphatic carbocycles. The first-order valence-electron chi connectivity index (χ1n) is 13.7. The van der Waals surface area contributed by atoms with Crippen molar-refractivity contribution >= 4 is 17.9 Å². The Morgan fingerprint density at radius 3 is 2.28 bits per heavy atom. The van der Waals surface area contributed by atoms with Gasteiger partial charge in [0.25, 0.3) is 0 Å². The lowest BCUT2D eigenvalue weighted by Crippen LogP contribution is -2.51. The molecule has 2 rings (SSSR count). The minimum atomic E-state index is -0.958. The van der Waals surface area contributed by atoms with Gasteiger partial charge in [0.15, 0.2) is 18.7 Å². The lowest BCUT2D eigenvalue weighted by Gasteiger charge is -2.40. The molecule has 0 bridgehead atoms. The van der Waals surface area contributed by atoms with Crippen molar-refractivity contribution < 1.29 is 58.1 Å². The fraction of sp³-hybridized carbons (Fsp3) is 0.885. The van der Waals surface area contributed by atoms with E-state index in [-0.39, 0.29) is 45.3 Å². The van der Waals surface area contributed by atoms with Crippen LogP contribution in [0.25, 0.3) is 0 Å². The van der Waals surface area contributed by atoms with Gasteiger partial charge in [0.1, 0.15) is 12.2 Å². The minimum absolute atomic E-state index is 0.0779. The molecule has 4 unspecified atom stereocenters. The molecule has 0 radical (unpaired) electrons. The summed E-state index contributed by atoms with van der Waals surface area (Å²) in [7, 11) is 0. The van der Waals surface area contributed by atoms with E-state index < -0.39 is 79.1 Å². The molecule has 2 aliphatic heterocycles. The second kappa shape index (κ2) is 16.4. The molecule has 2 fully saturated rings. The van der Waals surface area contributed by atoms with Gasteiger partial charge in [-0.3, -0.25) is 14.4 Å². The minimum Gasteiger partial charge on any atom is -0.481 e. The zero-order chi connectivity index (χ0) is 29.1. The lowest BCUT2D eigenvalue weighted by molar-refractivity contribution is -0.280. The number of carboxylic acid groups (broad SMARTS) is 1. The molecule has 226 valence electrons. The molecule has 0 aromatic rings. The van der Waals surface area contributed by atoms with E-state index in [1.165, 1.54) is 0 Å². The molecule has 2 heterocycles. The lowest BCUT2D eigenvalue weighted by atomic mass is 10.0. The maximum atomic E-state index is 12.6. The van der Waals surface area contributed by atoms with Crippen LogP contribution in [-0.2, 0) is 42.8 Å². The summed E-state index contributed by atoms with van der Waals surface area (Å²) in [6.07, 6.45) is -5.02. The Hall–Kier alpha value is -1.87. The number of unbranched alkanes of at least 4 members (excludes halogenated alkanes) is 1. The molecule has 2 saturated heterocycles. The fourth-order valence-electron chi connectivity index (χ4n) is 4.16. The van der Waals surface area contributed by atoms with Gasteiger partial charge in [-0.1, -0.05) is 6.92 Å². The van der Waals surface area contributed by atoms with Crippen molar-refractivity contribution in [1.82, 2.24) is 0 Å². The maximum absolute atomic E-state index is 12.6. The van der Waals surface area contributed by atoms with Crippen LogP contribution in [0.5, 0.6) is 0 Å². The van der Waals surface area contributed by atoms with Gasteiger partial charge in [-0.15, -0.1) is 0 Å². The van der Waals surface area contributed by atoms with Gasteiger partial charge in [-0.25, -0.2) is 0 Å². The number of nitrogens with two attached hydrogens (primary N) is 1.